The normalized spacial score (nSPS) is 17.6. The molecule has 1 saturated carbocycles. The van der Waals surface area contributed by atoms with Crippen LogP contribution in [0.1, 0.15) is 46.0 Å². The third-order valence-electron chi connectivity index (χ3n) is 3.59. The fourth-order valence-corrected chi connectivity index (χ4v) is 5.50. The first-order valence-electron chi connectivity index (χ1n) is 7.59. The average Bonchev–Trinajstić information content (AvgIpc) is 2.93. The summed E-state index contributed by atoms with van der Waals surface area (Å²) in [6.45, 7) is 4.87. The van der Waals surface area contributed by atoms with Crippen LogP contribution in [-0.4, -0.2) is 33.7 Å². The summed E-state index contributed by atoms with van der Waals surface area (Å²) < 4.78 is 1.86. The van der Waals surface area contributed by atoms with Gasteiger partial charge in [-0.25, -0.2) is 0 Å². The molecule has 118 valence electrons. The fraction of sp³-hybridized carbons (Fsp3) is 0.786. The molecular weight excluding hydrogens is 322 g/mol. The van der Waals surface area contributed by atoms with Crippen molar-refractivity contribution in [2.45, 2.75) is 59.9 Å². The second kappa shape index (κ2) is 9.00. The lowest BCUT2D eigenvalue weighted by Crippen LogP contribution is -2.35. The Morgan fingerprint density at radius 1 is 1.33 bits per heavy atom. The van der Waals surface area contributed by atoms with Gasteiger partial charge in [0, 0.05) is 6.54 Å². The Balaban J connectivity index is 1.73. The highest BCUT2D eigenvalue weighted by atomic mass is 32.2. The van der Waals surface area contributed by atoms with Crippen molar-refractivity contribution in [1.82, 2.24) is 15.5 Å². The van der Waals surface area contributed by atoms with Crippen molar-refractivity contribution in [2.24, 2.45) is 5.92 Å². The van der Waals surface area contributed by atoms with Crippen molar-refractivity contribution < 1.29 is 4.79 Å². The summed E-state index contributed by atoms with van der Waals surface area (Å²) in [5.41, 5.74) is 0. The summed E-state index contributed by atoms with van der Waals surface area (Å²) in [6, 6.07) is 0. The Bertz CT molecular complexity index is 446. The molecule has 7 heteroatoms. The number of nitrogens with one attached hydrogen (secondary N) is 1. The van der Waals surface area contributed by atoms with Gasteiger partial charge >= 0.3 is 0 Å². The molecule has 4 nitrogen and oxygen atoms in total. The minimum absolute atomic E-state index is 0.110. The van der Waals surface area contributed by atoms with Crippen molar-refractivity contribution in [1.29, 1.82) is 0 Å². The first-order valence-corrected chi connectivity index (χ1v) is 10.3. The monoisotopic (exact) mass is 345 g/mol. The van der Waals surface area contributed by atoms with E-state index in [0.29, 0.717) is 5.92 Å². The minimum atomic E-state index is -0.110. The molecule has 0 radical (unpaired) electrons. The summed E-state index contributed by atoms with van der Waals surface area (Å²) in [7, 11) is 0. The SMILES string of the molecule is CCSc1nnc(SC(C)C(=O)NCC2CCCCC2)s1. The Morgan fingerprint density at radius 3 is 2.76 bits per heavy atom. The molecule has 0 aromatic carbocycles. The van der Waals surface area contributed by atoms with E-state index in [1.165, 1.54) is 43.9 Å². The maximum absolute atomic E-state index is 12.1. The summed E-state index contributed by atoms with van der Waals surface area (Å²) in [4.78, 5) is 12.1. The molecule has 1 unspecified atom stereocenters. The molecule has 0 spiro atoms. The van der Waals surface area contributed by atoms with Crippen LogP contribution in [0, 0.1) is 5.92 Å². The summed E-state index contributed by atoms with van der Waals surface area (Å²) in [5, 5.41) is 11.2. The van der Waals surface area contributed by atoms with Gasteiger partial charge in [0.1, 0.15) is 0 Å². The number of carbonyl (C=O) groups is 1. The van der Waals surface area contributed by atoms with Crippen LogP contribution in [0.5, 0.6) is 0 Å². The maximum Gasteiger partial charge on any atom is 0.233 e. The van der Waals surface area contributed by atoms with E-state index in [0.717, 1.165) is 21.0 Å². The molecule has 2 rings (SSSR count). The summed E-state index contributed by atoms with van der Waals surface area (Å²) >= 11 is 4.77. The zero-order valence-electron chi connectivity index (χ0n) is 12.6. The van der Waals surface area contributed by atoms with Gasteiger partial charge in [-0.3, -0.25) is 4.79 Å². The zero-order valence-corrected chi connectivity index (χ0v) is 15.1. The van der Waals surface area contributed by atoms with E-state index in [-0.39, 0.29) is 11.2 Å². The van der Waals surface area contributed by atoms with Gasteiger partial charge in [-0.05, 0) is 31.4 Å². The number of thioether (sulfide) groups is 2. The van der Waals surface area contributed by atoms with Gasteiger partial charge in [0.25, 0.3) is 0 Å². The minimum Gasteiger partial charge on any atom is -0.355 e. The van der Waals surface area contributed by atoms with Crippen molar-refractivity contribution >= 4 is 40.8 Å². The maximum atomic E-state index is 12.1. The number of nitrogens with zero attached hydrogens (tertiary/aromatic N) is 2. The largest absolute Gasteiger partial charge is 0.355 e. The van der Waals surface area contributed by atoms with Crippen LogP contribution in [0.15, 0.2) is 8.68 Å². The van der Waals surface area contributed by atoms with E-state index in [2.05, 4.69) is 22.4 Å². The summed E-state index contributed by atoms with van der Waals surface area (Å²) in [6.07, 6.45) is 6.50. The van der Waals surface area contributed by atoms with Crippen LogP contribution in [0.2, 0.25) is 0 Å². The second-order valence-electron chi connectivity index (χ2n) is 5.28. The van der Waals surface area contributed by atoms with E-state index in [1.807, 2.05) is 6.92 Å². The third kappa shape index (κ3) is 5.79. The molecule has 1 fully saturated rings. The first-order chi connectivity index (χ1) is 10.2. The second-order valence-corrected chi connectivity index (χ2v) is 9.35. The topological polar surface area (TPSA) is 54.9 Å². The first kappa shape index (κ1) is 17.1. The molecule has 1 N–H and O–H groups in total. The number of aromatic nitrogens is 2. The molecular formula is C14H23N3OS3. The molecule has 1 atom stereocenters. The van der Waals surface area contributed by atoms with Crippen LogP contribution in [0.4, 0.5) is 0 Å². The fourth-order valence-electron chi connectivity index (χ4n) is 2.41. The number of hydrogen-bond donors (Lipinski definition) is 1. The molecule has 1 aliphatic rings. The molecule has 0 aliphatic heterocycles. The highest BCUT2D eigenvalue weighted by Crippen LogP contribution is 2.31. The quantitative estimate of drug-likeness (QED) is 0.761. The molecule has 1 heterocycles. The van der Waals surface area contributed by atoms with Gasteiger partial charge in [0.05, 0.1) is 5.25 Å². The Hall–Kier alpha value is -0.270. The number of carbonyl (C=O) groups excluding carboxylic acids is 1. The van der Waals surface area contributed by atoms with Crippen LogP contribution in [-0.2, 0) is 4.79 Å². The van der Waals surface area contributed by atoms with Gasteiger partial charge in [-0.1, -0.05) is 61.0 Å². The third-order valence-corrected chi connectivity index (χ3v) is 6.72. The Labute approximate surface area is 139 Å². The van der Waals surface area contributed by atoms with Crippen molar-refractivity contribution in [2.75, 3.05) is 12.3 Å². The molecule has 0 bridgehead atoms. The molecule has 1 aromatic rings. The van der Waals surface area contributed by atoms with Gasteiger partial charge in [-0.15, -0.1) is 10.2 Å². The van der Waals surface area contributed by atoms with Crippen molar-refractivity contribution in [3.8, 4) is 0 Å². The van der Waals surface area contributed by atoms with Gasteiger partial charge in [-0.2, -0.15) is 0 Å². The van der Waals surface area contributed by atoms with Crippen LogP contribution in [0.3, 0.4) is 0 Å². The van der Waals surface area contributed by atoms with E-state index in [1.54, 1.807) is 23.1 Å². The van der Waals surface area contributed by atoms with Crippen molar-refractivity contribution in [3.05, 3.63) is 0 Å². The molecule has 1 amide bonds. The lowest BCUT2D eigenvalue weighted by Gasteiger charge is -2.22. The lowest BCUT2D eigenvalue weighted by molar-refractivity contribution is -0.120. The standard InChI is InChI=1S/C14H23N3OS3/c1-3-19-13-16-17-14(21-13)20-10(2)12(18)15-9-11-7-5-4-6-8-11/h10-11H,3-9H2,1-2H3,(H,15,18). The van der Waals surface area contributed by atoms with Crippen molar-refractivity contribution in [3.63, 3.8) is 0 Å². The van der Waals surface area contributed by atoms with Crippen LogP contribution >= 0.6 is 34.9 Å². The Kier molecular flexibility index (Phi) is 7.33. The zero-order chi connectivity index (χ0) is 15.1. The van der Waals surface area contributed by atoms with Crippen LogP contribution in [0.25, 0.3) is 0 Å². The lowest BCUT2D eigenvalue weighted by atomic mass is 9.89. The van der Waals surface area contributed by atoms with Gasteiger partial charge in [0.15, 0.2) is 8.68 Å². The molecule has 1 aromatic heterocycles. The number of amides is 1. The smallest absolute Gasteiger partial charge is 0.233 e. The predicted molar refractivity (Wildman–Crippen MR) is 91.2 cm³/mol. The van der Waals surface area contributed by atoms with Gasteiger partial charge in [0.2, 0.25) is 5.91 Å². The summed E-state index contributed by atoms with van der Waals surface area (Å²) in [5.74, 6) is 1.79. The van der Waals surface area contributed by atoms with E-state index in [9.17, 15) is 4.79 Å². The predicted octanol–water partition coefficient (Wildman–Crippen LogP) is 3.83. The van der Waals surface area contributed by atoms with E-state index >= 15 is 0 Å². The number of hydrogen-bond acceptors (Lipinski definition) is 6. The Morgan fingerprint density at radius 2 is 2.05 bits per heavy atom. The number of rotatable bonds is 7. The highest BCUT2D eigenvalue weighted by molar-refractivity contribution is 8.03. The van der Waals surface area contributed by atoms with E-state index in [4.69, 9.17) is 0 Å². The molecule has 1 aliphatic carbocycles. The molecule has 21 heavy (non-hydrogen) atoms. The average molecular weight is 346 g/mol. The van der Waals surface area contributed by atoms with Gasteiger partial charge < -0.3 is 5.32 Å². The highest BCUT2D eigenvalue weighted by Gasteiger charge is 2.19. The van der Waals surface area contributed by atoms with Crippen LogP contribution < -0.4 is 5.32 Å². The molecule has 0 saturated heterocycles. The van der Waals surface area contributed by atoms with E-state index < -0.39 is 0 Å².